The van der Waals surface area contributed by atoms with Crippen molar-refractivity contribution in [1.82, 2.24) is 4.90 Å². The molecule has 3 nitrogen and oxygen atoms in total. The third-order valence-electron chi connectivity index (χ3n) is 3.41. The van der Waals surface area contributed by atoms with Crippen LogP contribution in [0.5, 0.6) is 0 Å². The quantitative estimate of drug-likeness (QED) is 0.836. The average Bonchev–Trinajstić information content (AvgIpc) is 3.22. The van der Waals surface area contributed by atoms with Crippen LogP contribution in [0.2, 0.25) is 0 Å². The Morgan fingerprint density at radius 2 is 2.06 bits per heavy atom. The number of aliphatic hydroxyl groups excluding tert-OH is 1. The van der Waals surface area contributed by atoms with Crippen LogP contribution in [0.3, 0.4) is 0 Å². The van der Waals surface area contributed by atoms with Crippen molar-refractivity contribution in [2.45, 2.75) is 38.3 Å². The summed E-state index contributed by atoms with van der Waals surface area (Å²) in [6.45, 7) is 3.92. The van der Waals surface area contributed by atoms with Crippen LogP contribution in [-0.4, -0.2) is 29.1 Å². The summed E-state index contributed by atoms with van der Waals surface area (Å²) in [5.74, 6) is 0. The summed E-state index contributed by atoms with van der Waals surface area (Å²) in [6, 6.07) is 9.99. The second-order valence-electron chi connectivity index (χ2n) is 4.98. The summed E-state index contributed by atoms with van der Waals surface area (Å²) in [4.78, 5) is 2.38. The molecule has 0 saturated heterocycles. The van der Waals surface area contributed by atoms with E-state index >= 15 is 0 Å². The smallest absolute Gasteiger partial charge is 0.0991 e. The number of hydrogen-bond donors (Lipinski definition) is 1. The van der Waals surface area contributed by atoms with Crippen LogP contribution in [0.15, 0.2) is 24.3 Å². The molecule has 1 N–H and O–H groups in total. The molecule has 0 aliphatic heterocycles. The maximum Gasteiger partial charge on any atom is 0.0991 e. The van der Waals surface area contributed by atoms with E-state index in [2.05, 4.69) is 17.9 Å². The monoisotopic (exact) mass is 244 g/mol. The molecule has 0 amide bonds. The Morgan fingerprint density at radius 1 is 1.39 bits per heavy atom. The predicted molar refractivity (Wildman–Crippen MR) is 71.0 cm³/mol. The summed E-state index contributed by atoms with van der Waals surface area (Å²) < 4.78 is 0. The summed E-state index contributed by atoms with van der Waals surface area (Å²) in [5, 5.41) is 19.0. The van der Waals surface area contributed by atoms with Crippen molar-refractivity contribution in [3.8, 4) is 6.07 Å². The van der Waals surface area contributed by atoms with Gasteiger partial charge in [-0.15, -0.1) is 0 Å². The third kappa shape index (κ3) is 3.32. The van der Waals surface area contributed by atoms with Gasteiger partial charge < -0.3 is 5.11 Å². The fraction of sp³-hybridized carbons (Fsp3) is 0.533. The maximum atomic E-state index is 10.2. The van der Waals surface area contributed by atoms with Gasteiger partial charge in [0.2, 0.25) is 0 Å². The lowest BCUT2D eigenvalue weighted by Gasteiger charge is -2.24. The van der Waals surface area contributed by atoms with Gasteiger partial charge in [-0.1, -0.05) is 19.1 Å². The van der Waals surface area contributed by atoms with Crippen molar-refractivity contribution in [1.29, 1.82) is 5.26 Å². The second kappa shape index (κ2) is 5.99. The molecule has 1 aromatic rings. The van der Waals surface area contributed by atoms with E-state index in [4.69, 9.17) is 5.26 Å². The van der Waals surface area contributed by atoms with Gasteiger partial charge >= 0.3 is 0 Å². The molecule has 1 fully saturated rings. The minimum atomic E-state index is -0.454. The summed E-state index contributed by atoms with van der Waals surface area (Å²) in [7, 11) is 0. The molecular formula is C15H20N2O. The van der Waals surface area contributed by atoms with Crippen LogP contribution in [0, 0.1) is 11.3 Å². The lowest BCUT2D eigenvalue weighted by atomic mass is 10.1. The lowest BCUT2D eigenvalue weighted by molar-refractivity contribution is 0.108. The highest BCUT2D eigenvalue weighted by Crippen LogP contribution is 2.28. The molecule has 1 atom stereocenters. The Morgan fingerprint density at radius 3 is 2.56 bits per heavy atom. The SMILES string of the molecule is CCCN(CC(O)c1ccc(C#N)cc1)C1CC1. The van der Waals surface area contributed by atoms with E-state index in [0.717, 1.165) is 18.5 Å². The van der Waals surface area contributed by atoms with E-state index < -0.39 is 6.10 Å². The minimum Gasteiger partial charge on any atom is -0.387 e. The van der Waals surface area contributed by atoms with Crippen molar-refractivity contribution in [3.05, 3.63) is 35.4 Å². The van der Waals surface area contributed by atoms with Gasteiger partial charge in [0.15, 0.2) is 0 Å². The van der Waals surface area contributed by atoms with Gasteiger partial charge in [-0.05, 0) is 43.5 Å². The van der Waals surface area contributed by atoms with Crippen LogP contribution < -0.4 is 0 Å². The number of hydrogen-bond acceptors (Lipinski definition) is 3. The van der Waals surface area contributed by atoms with Crippen LogP contribution in [0.1, 0.15) is 43.4 Å². The number of benzene rings is 1. The number of nitrogens with zero attached hydrogens (tertiary/aromatic N) is 2. The van der Waals surface area contributed by atoms with Crippen molar-refractivity contribution in [2.24, 2.45) is 0 Å². The molecule has 1 aliphatic carbocycles. The third-order valence-corrected chi connectivity index (χ3v) is 3.41. The fourth-order valence-electron chi connectivity index (χ4n) is 2.26. The summed E-state index contributed by atoms with van der Waals surface area (Å²) in [5.41, 5.74) is 1.54. The van der Waals surface area contributed by atoms with Crippen molar-refractivity contribution in [2.75, 3.05) is 13.1 Å². The van der Waals surface area contributed by atoms with E-state index in [0.29, 0.717) is 18.2 Å². The van der Waals surface area contributed by atoms with Gasteiger partial charge in [0.1, 0.15) is 0 Å². The molecule has 1 unspecified atom stereocenters. The Labute approximate surface area is 109 Å². The van der Waals surface area contributed by atoms with Gasteiger partial charge in [0.05, 0.1) is 17.7 Å². The van der Waals surface area contributed by atoms with Crippen molar-refractivity contribution >= 4 is 0 Å². The Balaban J connectivity index is 1.96. The Hall–Kier alpha value is -1.37. The molecule has 0 aromatic heterocycles. The molecule has 96 valence electrons. The van der Waals surface area contributed by atoms with Gasteiger partial charge in [-0.2, -0.15) is 5.26 Å². The van der Waals surface area contributed by atoms with Crippen LogP contribution in [0.4, 0.5) is 0 Å². The molecule has 0 spiro atoms. The van der Waals surface area contributed by atoms with E-state index in [1.165, 1.54) is 12.8 Å². The van der Waals surface area contributed by atoms with Gasteiger partial charge in [-0.25, -0.2) is 0 Å². The first kappa shape index (κ1) is 13.1. The molecule has 1 saturated carbocycles. The number of rotatable bonds is 6. The average molecular weight is 244 g/mol. The zero-order chi connectivity index (χ0) is 13.0. The van der Waals surface area contributed by atoms with Gasteiger partial charge in [0.25, 0.3) is 0 Å². The van der Waals surface area contributed by atoms with Gasteiger partial charge in [-0.3, -0.25) is 4.90 Å². The lowest BCUT2D eigenvalue weighted by Crippen LogP contribution is -2.31. The zero-order valence-electron chi connectivity index (χ0n) is 10.8. The minimum absolute atomic E-state index is 0.454. The van der Waals surface area contributed by atoms with E-state index in [1.54, 1.807) is 12.1 Å². The largest absolute Gasteiger partial charge is 0.387 e. The summed E-state index contributed by atoms with van der Waals surface area (Å²) >= 11 is 0. The summed E-state index contributed by atoms with van der Waals surface area (Å²) in [6.07, 6.45) is 3.20. The van der Waals surface area contributed by atoms with Gasteiger partial charge in [0, 0.05) is 12.6 Å². The predicted octanol–water partition coefficient (Wildman–Crippen LogP) is 2.47. The zero-order valence-corrected chi connectivity index (χ0v) is 10.8. The normalized spacial score (nSPS) is 16.6. The molecular weight excluding hydrogens is 224 g/mol. The fourth-order valence-corrected chi connectivity index (χ4v) is 2.26. The molecule has 1 aliphatic rings. The molecule has 18 heavy (non-hydrogen) atoms. The Kier molecular flexibility index (Phi) is 4.35. The Bertz CT molecular complexity index is 417. The maximum absolute atomic E-state index is 10.2. The van der Waals surface area contributed by atoms with Crippen LogP contribution in [0.25, 0.3) is 0 Å². The van der Waals surface area contributed by atoms with E-state index in [1.807, 2.05) is 12.1 Å². The molecule has 0 bridgehead atoms. The highest BCUT2D eigenvalue weighted by Gasteiger charge is 2.29. The topological polar surface area (TPSA) is 47.3 Å². The van der Waals surface area contributed by atoms with E-state index in [-0.39, 0.29) is 0 Å². The molecule has 2 rings (SSSR count). The second-order valence-corrected chi connectivity index (χ2v) is 4.98. The first-order valence-electron chi connectivity index (χ1n) is 6.66. The number of aliphatic hydroxyl groups is 1. The first-order valence-corrected chi connectivity index (χ1v) is 6.66. The molecule has 1 aromatic carbocycles. The van der Waals surface area contributed by atoms with Crippen molar-refractivity contribution < 1.29 is 5.11 Å². The molecule has 3 heteroatoms. The first-order chi connectivity index (χ1) is 8.74. The van der Waals surface area contributed by atoms with Crippen LogP contribution >= 0.6 is 0 Å². The number of nitriles is 1. The highest BCUT2D eigenvalue weighted by molar-refractivity contribution is 5.32. The molecule has 0 radical (unpaired) electrons. The van der Waals surface area contributed by atoms with Crippen molar-refractivity contribution in [3.63, 3.8) is 0 Å². The highest BCUT2D eigenvalue weighted by atomic mass is 16.3. The molecule has 0 heterocycles. The standard InChI is InChI=1S/C15H20N2O/c1-2-9-17(14-7-8-14)11-15(18)13-5-3-12(10-16)4-6-13/h3-6,14-15,18H,2,7-9,11H2,1H3. The van der Waals surface area contributed by atoms with Crippen LogP contribution in [-0.2, 0) is 0 Å². The van der Waals surface area contributed by atoms with E-state index in [9.17, 15) is 5.11 Å².